The molecular weight excluding hydrogens is 567 g/mol. The number of esters is 1. The minimum absolute atomic E-state index is 0.0443. The van der Waals surface area contributed by atoms with Crippen LogP contribution in [0.25, 0.3) is 10.9 Å². The fourth-order valence-corrected chi connectivity index (χ4v) is 7.13. The predicted molar refractivity (Wildman–Crippen MR) is 163 cm³/mol. The minimum atomic E-state index is -3.87. The Labute approximate surface area is 242 Å². The number of ether oxygens (including phenoxy) is 2. The van der Waals surface area contributed by atoms with Crippen LogP contribution in [0.15, 0.2) is 39.9 Å². The second kappa shape index (κ2) is 11.3. The summed E-state index contributed by atoms with van der Waals surface area (Å²) in [6, 6.07) is 9.34. The van der Waals surface area contributed by atoms with Gasteiger partial charge in [0.1, 0.15) is 16.6 Å². The summed E-state index contributed by atoms with van der Waals surface area (Å²) in [5.41, 5.74) is 0.562. The van der Waals surface area contributed by atoms with Gasteiger partial charge in [0.05, 0.1) is 29.0 Å². The van der Waals surface area contributed by atoms with Crippen LogP contribution in [0.4, 0.5) is 5.69 Å². The molecule has 1 N–H and O–H groups in total. The van der Waals surface area contributed by atoms with Gasteiger partial charge in [0.2, 0.25) is 0 Å². The number of sulfonamides is 1. The molecule has 0 radical (unpaired) electrons. The van der Waals surface area contributed by atoms with Crippen molar-refractivity contribution in [2.75, 3.05) is 17.9 Å². The first-order valence-corrected chi connectivity index (χ1v) is 19.5. The molecule has 3 aromatic rings. The molecule has 1 fully saturated rings. The zero-order valence-electron chi connectivity index (χ0n) is 24.5. The summed E-state index contributed by atoms with van der Waals surface area (Å²) in [6.45, 7) is 17.2. The monoisotopic (exact) mass is 606 g/mol. The van der Waals surface area contributed by atoms with Crippen molar-refractivity contribution in [1.29, 1.82) is 0 Å². The average molecular weight is 607 g/mol. The molecule has 13 heteroatoms. The third-order valence-corrected chi connectivity index (χ3v) is 11.8. The largest absolute Gasteiger partial charge is 0.495 e. The highest BCUT2D eigenvalue weighted by molar-refractivity contribution is 7.94. The first-order valence-electron chi connectivity index (χ1n) is 13.4. The summed E-state index contributed by atoms with van der Waals surface area (Å²) >= 11 is 1.13. The van der Waals surface area contributed by atoms with Gasteiger partial charge in [-0.05, 0) is 69.7 Å². The molecule has 0 spiro atoms. The van der Waals surface area contributed by atoms with E-state index in [9.17, 15) is 13.2 Å². The quantitative estimate of drug-likeness (QED) is 0.180. The summed E-state index contributed by atoms with van der Waals surface area (Å²) in [5.74, 6) is -0.528. The topological polar surface area (TPSA) is 105 Å². The Balaban J connectivity index is 1.88. The highest BCUT2D eigenvalue weighted by Gasteiger charge is 2.52. The van der Waals surface area contributed by atoms with Gasteiger partial charge in [-0.3, -0.25) is 4.72 Å². The van der Waals surface area contributed by atoms with E-state index in [0.717, 1.165) is 17.4 Å². The molecule has 1 aliphatic heterocycles. The van der Waals surface area contributed by atoms with Crippen molar-refractivity contribution in [3.8, 4) is 0 Å². The molecule has 2 aromatic heterocycles. The zero-order valence-corrected chi connectivity index (χ0v) is 27.1. The number of hydrogen-bond acceptors (Lipinski definition) is 8. The number of hydrogen-bond donors (Lipinski definition) is 1. The van der Waals surface area contributed by atoms with Crippen LogP contribution in [0.3, 0.4) is 0 Å². The van der Waals surface area contributed by atoms with Crippen molar-refractivity contribution in [3.05, 3.63) is 41.4 Å². The number of aromatic nitrogens is 1. The lowest BCUT2D eigenvalue weighted by Gasteiger charge is -2.32. The lowest BCUT2D eigenvalue weighted by Crippen LogP contribution is -2.41. The van der Waals surface area contributed by atoms with Gasteiger partial charge >= 0.3 is 13.1 Å². The van der Waals surface area contributed by atoms with Gasteiger partial charge in [-0.15, -0.1) is 11.3 Å². The van der Waals surface area contributed by atoms with Crippen molar-refractivity contribution in [3.63, 3.8) is 0 Å². The standard InChI is InChI=1S/C27H39BN2O7S2Si/c1-9-35-25(31)22-17-19-20(28-36-26(2,3)27(4,5)37-28)12-13-21(29-39(32,33)23-11-10-15-38-23)24(19)30(22)18-34-14-16-40(6,7)8/h10-13,15,17,29H,9,14,16,18H2,1-8H3. The van der Waals surface area contributed by atoms with Crippen LogP contribution >= 0.6 is 11.3 Å². The summed E-state index contributed by atoms with van der Waals surface area (Å²) in [4.78, 5) is 13.2. The molecule has 0 amide bonds. The van der Waals surface area contributed by atoms with Crippen LogP contribution in [0.1, 0.15) is 45.1 Å². The lowest BCUT2D eigenvalue weighted by molar-refractivity contribution is 0.00578. The Kier molecular flexibility index (Phi) is 8.67. The van der Waals surface area contributed by atoms with Gasteiger partial charge in [-0.2, -0.15) is 0 Å². The van der Waals surface area contributed by atoms with Gasteiger partial charge in [0.25, 0.3) is 10.0 Å². The summed E-state index contributed by atoms with van der Waals surface area (Å²) in [7, 11) is -5.96. The molecule has 0 saturated carbocycles. The van der Waals surface area contributed by atoms with Gasteiger partial charge in [0, 0.05) is 20.1 Å². The predicted octanol–water partition coefficient (Wildman–Crippen LogP) is 5.29. The Bertz CT molecular complexity index is 1460. The second-order valence-electron chi connectivity index (χ2n) is 12.1. The molecule has 0 atom stereocenters. The number of carbonyl (C=O) groups is 1. The maximum Gasteiger partial charge on any atom is 0.495 e. The zero-order chi connectivity index (χ0) is 29.5. The molecule has 1 aromatic carbocycles. The molecular formula is C27H39BN2O7S2Si. The van der Waals surface area contributed by atoms with Gasteiger partial charge in [-0.1, -0.05) is 31.8 Å². The summed E-state index contributed by atoms with van der Waals surface area (Å²) in [6.07, 6.45) is 0. The molecule has 0 aliphatic carbocycles. The molecule has 4 rings (SSSR count). The third-order valence-electron chi connectivity index (χ3n) is 7.31. The van der Waals surface area contributed by atoms with E-state index in [-0.39, 0.29) is 23.2 Å². The number of nitrogens with one attached hydrogen (secondary N) is 1. The normalized spacial score (nSPS) is 16.9. The lowest BCUT2D eigenvalue weighted by atomic mass is 9.77. The van der Waals surface area contributed by atoms with Crippen LogP contribution in [0.2, 0.25) is 25.7 Å². The number of anilines is 1. The van der Waals surface area contributed by atoms with Gasteiger partial charge in [0.15, 0.2) is 0 Å². The average Bonchev–Trinajstić information content (AvgIpc) is 3.54. The second-order valence-corrected chi connectivity index (χ2v) is 20.6. The van der Waals surface area contributed by atoms with Crippen molar-refractivity contribution in [2.45, 2.75) is 82.4 Å². The fourth-order valence-electron chi connectivity index (χ4n) is 4.31. The maximum atomic E-state index is 13.3. The van der Waals surface area contributed by atoms with Crippen LogP contribution < -0.4 is 10.2 Å². The van der Waals surface area contributed by atoms with Crippen molar-refractivity contribution in [2.24, 2.45) is 0 Å². The number of fused-ring (bicyclic) bond motifs is 1. The molecule has 0 unspecified atom stereocenters. The summed E-state index contributed by atoms with van der Waals surface area (Å²) in [5, 5.41) is 2.32. The Morgan fingerprint density at radius 1 is 1.12 bits per heavy atom. The smallest absolute Gasteiger partial charge is 0.461 e. The molecule has 40 heavy (non-hydrogen) atoms. The summed E-state index contributed by atoms with van der Waals surface area (Å²) < 4.78 is 55.3. The third kappa shape index (κ3) is 6.34. The van der Waals surface area contributed by atoms with Crippen LogP contribution in [-0.4, -0.2) is 58.6 Å². The highest BCUT2D eigenvalue weighted by atomic mass is 32.2. The Morgan fingerprint density at radius 3 is 2.38 bits per heavy atom. The Morgan fingerprint density at radius 2 is 1.80 bits per heavy atom. The minimum Gasteiger partial charge on any atom is -0.461 e. The van der Waals surface area contributed by atoms with E-state index in [1.807, 2.05) is 27.7 Å². The van der Waals surface area contributed by atoms with Crippen molar-refractivity contribution in [1.82, 2.24) is 4.57 Å². The molecule has 3 heterocycles. The number of carbonyl (C=O) groups excluding carboxylic acids is 1. The molecule has 9 nitrogen and oxygen atoms in total. The number of rotatable bonds is 11. The van der Waals surface area contributed by atoms with E-state index in [1.54, 1.807) is 47.2 Å². The van der Waals surface area contributed by atoms with Crippen molar-refractivity contribution >= 4 is 64.6 Å². The van der Waals surface area contributed by atoms with E-state index in [4.69, 9.17) is 18.8 Å². The van der Waals surface area contributed by atoms with E-state index in [0.29, 0.717) is 28.7 Å². The first-order chi connectivity index (χ1) is 18.6. The molecule has 1 saturated heterocycles. The molecule has 218 valence electrons. The SMILES string of the molecule is CCOC(=O)c1cc2c(B3OC(C)(C)C(C)(C)O3)ccc(NS(=O)(=O)c3cccs3)c2n1COCC[Si](C)(C)C. The first kappa shape index (κ1) is 30.8. The number of thiophene rings is 1. The van der Waals surface area contributed by atoms with Gasteiger partial charge in [-0.25, -0.2) is 13.2 Å². The van der Waals surface area contributed by atoms with Crippen molar-refractivity contribution < 1.29 is 32.0 Å². The number of nitrogens with zero attached hydrogens (tertiary/aromatic N) is 1. The molecule has 0 bridgehead atoms. The fraction of sp³-hybridized carbons (Fsp3) is 0.519. The number of benzene rings is 1. The highest BCUT2D eigenvalue weighted by Crippen LogP contribution is 2.38. The van der Waals surface area contributed by atoms with E-state index in [1.165, 1.54) is 0 Å². The van der Waals surface area contributed by atoms with Crippen LogP contribution in [0.5, 0.6) is 0 Å². The van der Waals surface area contributed by atoms with E-state index >= 15 is 0 Å². The van der Waals surface area contributed by atoms with E-state index < -0.39 is 42.4 Å². The van der Waals surface area contributed by atoms with Gasteiger partial charge < -0.3 is 23.3 Å². The van der Waals surface area contributed by atoms with E-state index in [2.05, 4.69) is 24.4 Å². The molecule has 1 aliphatic rings. The maximum absolute atomic E-state index is 13.3. The Hall–Kier alpha value is -2.16. The van der Waals surface area contributed by atoms with Crippen LogP contribution in [0, 0.1) is 0 Å². The van der Waals surface area contributed by atoms with Crippen LogP contribution in [-0.2, 0) is 35.5 Å².